The van der Waals surface area contributed by atoms with E-state index in [2.05, 4.69) is 11.2 Å². The molecule has 4 heteroatoms. The van der Waals surface area contributed by atoms with Crippen molar-refractivity contribution in [2.75, 3.05) is 18.1 Å². The summed E-state index contributed by atoms with van der Waals surface area (Å²) in [4.78, 5) is 0. The molecule has 1 aliphatic rings. The van der Waals surface area contributed by atoms with Gasteiger partial charge in [0.1, 0.15) is 0 Å². The molecule has 1 N–H and O–H groups in total. The second-order valence-electron chi connectivity index (χ2n) is 3.78. The van der Waals surface area contributed by atoms with Crippen LogP contribution in [0.25, 0.3) is 0 Å². The molecule has 1 heterocycles. The smallest absolute Gasteiger partial charge is 0.150 e. The molecule has 0 radical (unpaired) electrons. The lowest BCUT2D eigenvalue weighted by Gasteiger charge is -2.14. The van der Waals surface area contributed by atoms with Crippen LogP contribution >= 0.6 is 0 Å². The fourth-order valence-electron chi connectivity index (χ4n) is 1.85. The van der Waals surface area contributed by atoms with E-state index in [4.69, 9.17) is 6.42 Å². The van der Waals surface area contributed by atoms with E-state index < -0.39 is 9.84 Å². The lowest BCUT2D eigenvalue weighted by Crippen LogP contribution is -2.29. The average molecular weight is 215 g/mol. The van der Waals surface area contributed by atoms with Crippen molar-refractivity contribution in [1.29, 1.82) is 0 Å². The predicted molar refractivity (Wildman–Crippen MR) is 57.7 cm³/mol. The van der Waals surface area contributed by atoms with Gasteiger partial charge in [-0.1, -0.05) is 12.8 Å². The zero-order chi connectivity index (χ0) is 10.6. The fourth-order valence-corrected chi connectivity index (χ4v) is 3.73. The number of hydrogen-bond acceptors (Lipinski definition) is 3. The lowest BCUT2D eigenvalue weighted by molar-refractivity contribution is 0.468. The van der Waals surface area contributed by atoms with Gasteiger partial charge in [0.05, 0.1) is 17.5 Å². The van der Waals surface area contributed by atoms with Crippen molar-refractivity contribution in [1.82, 2.24) is 5.32 Å². The standard InChI is InChI=1S/C10H17NO2S/c1-3-10(11-4-2)7-9-5-6-14(12,13)8-9/h1,9-11H,4-8H2,2H3. The zero-order valence-electron chi connectivity index (χ0n) is 8.49. The van der Waals surface area contributed by atoms with Gasteiger partial charge in [-0.2, -0.15) is 0 Å². The van der Waals surface area contributed by atoms with Crippen LogP contribution in [0.5, 0.6) is 0 Å². The molecule has 0 amide bonds. The minimum absolute atomic E-state index is 0.0262. The van der Waals surface area contributed by atoms with Crippen LogP contribution in [-0.2, 0) is 9.84 Å². The molecule has 1 aliphatic heterocycles. The molecule has 0 saturated carbocycles. The number of nitrogens with one attached hydrogen (secondary N) is 1. The minimum Gasteiger partial charge on any atom is -0.304 e. The molecule has 1 saturated heterocycles. The Kier molecular flexibility index (Phi) is 3.97. The summed E-state index contributed by atoms with van der Waals surface area (Å²) in [6, 6.07) is 0.0262. The molecular formula is C10H17NO2S. The molecule has 1 fully saturated rings. The monoisotopic (exact) mass is 215 g/mol. The highest BCUT2D eigenvalue weighted by atomic mass is 32.2. The van der Waals surface area contributed by atoms with Crippen LogP contribution in [0.2, 0.25) is 0 Å². The Morgan fingerprint density at radius 2 is 2.36 bits per heavy atom. The van der Waals surface area contributed by atoms with Crippen molar-refractivity contribution >= 4 is 9.84 Å². The lowest BCUT2D eigenvalue weighted by atomic mass is 10.00. The van der Waals surface area contributed by atoms with Crippen LogP contribution < -0.4 is 5.32 Å². The van der Waals surface area contributed by atoms with Crippen molar-refractivity contribution in [2.24, 2.45) is 5.92 Å². The highest BCUT2D eigenvalue weighted by Gasteiger charge is 2.29. The number of hydrogen-bond donors (Lipinski definition) is 1. The predicted octanol–water partition coefficient (Wildman–Crippen LogP) is 0.422. The van der Waals surface area contributed by atoms with E-state index in [-0.39, 0.29) is 12.0 Å². The Morgan fingerprint density at radius 3 is 2.79 bits per heavy atom. The molecule has 0 aromatic heterocycles. The van der Waals surface area contributed by atoms with Crippen LogP contribution in [0.15, 0.2) is 0 Å². The van der Waals surface area contributed by atoms with Crippen LogP contribution in [0.3, 0.4) is 0 Å². The first-order valence-corrected chi connectivity index (χ1v) is 6.79. The Bertz CT molecular complexity index is 316. The van der Waals surface area contributed by atoms with Crippen molar-refractivity contribution in [3.05, 3.63) is 0 Å². The number of terminal acetylenes is 1. The van der Waals surface area contributed by atoms with Gasteiger partial charge in [-0.05, 0) is 25.3 Å². The van der Waals surface area contributed by atoms with Crippen molar-refractivity contribution < 1.29 is 8.42 Å². The van der Waals surface area contributed by atoms with Gasteiger partial charge in [0.25, 0.3) is 0 Å². The molecule has 0 aliphatic carbocycles. The molecule has 0 bridgehead atoms. The third kappa shape index (κ3) is 3.32. The summed E-state index contributed by atoms with van der Waals surface area (Å²) in [5.41, 5.74) is 0. The molecule has 0 aromatic carbocycles. The van der Waals surface area contributed by atoms with E-state index in [9.17, 15) is 8.42 Å². The Morgan fingerprint density at radius 1 is 1.64 bits per heavy atom. The van der Waals surface area contributed by atoms with Gasteiger partial charge in [0, 0.05) is 0 Å². The van der Waals surface area contributed by atoms with Crippen LogP contribution in [0.1, 0.15) is 19.8 Å². The maximum absolute atomic E-state index is 11.2. The van der Waals surface area contributed by atoms with Crippen molar-refractivity contribution in [3.63, 3.8) is 0 Å². The van der Waals surface area contributed by atoms with Crippen LogP contribution in [0.4, 0.5) is 0 Å². The first-order valence-electron chi connectivity index (χ1n) is 4.97. The molecule has 2 unspecified atom stereocenters. The molecule has 1 rings (SSSR count). The molecule has 14 heavy (non-hydrogen) atoms. The maximum Gasteiger partial charge on any atom is 0.150 e. The fraction of sp³-hybridized carbons (Fsp3) is 0.800. The van der Waals surface area contributed by atoms with E-state index in [1.165, 1.54) is 0 Å². The van der Waals surface area contributed by atoms with Crippen molar-refractivity contribution in [2.45, 2.75) is 25.8 Å². The molecular weight excluding hydrogens is 198 g/mol. The normalized spacial score (nSPS) is 27.0. The highest BCUT2D eigenvalue weighted by Crippen LogP contribution is 2.22. The van der Waals surface area contributed by atoms with E-state index >= 15 is 0 Å². The molecule has 0 aromatic rings. The second-order valence-corrected chi connectivity index (χ2v) is 6.01. The maximum atomic E-state index is 11.2. The summed E-state index contributed by atoms with van der Waals surface area (Å²) < 4.78 is 22.4. The van der Waals surface area contributed by atoms with Gasteiger partial charge in [-0.25, -0.2) is 8.42 Å². The zero-order valence-corrected chi connectivity index (χ0v) is 9.31. The summed E-state index contributed by atoms with van der Waals surface area (Å²) in [6.07, 6.45) is 6.89. The number of rotatable bonds is 4. The Balaban J connectivity index is 2.42. The van der Waals surface area contributed by atoms with E-state index in [0.29, 0.717) is 11.5 Å². The first kappa shape index (κ1) is 11.5. The van der Waals surface area contributed by atoms with Gasteiger partial charge in [-0.3, -0.25) is 0 Å². The molecule has 0 spiro atoms. The quantitative estimate of drug-likeness (QED) is 0.691. The SMILES string of the molecule is C#CC(CC1CCS(=O)(=O)C1)NCC. The van der Waals surface area contributed by atoms with E-state index in [0.717, 1.165) is 19.4 Å². The summed E-state index contributed by atoms with van der Waals surface area (Å²) in [6.45, 7) is 2.82. The topological polar surface area (TPSA) is 46.2 Å². The summed E-state index contributed by atoms with van der Waals surface area (Å²) in [7, 11) is -2.76. The molecule has 3 nitrogen and oxygen atoms in total. The number of sulfone groups is 1. The van der Waals surface area contributed by atoms with Gasteiger partial charge >= 0.3 is 0 Å². The Hall–Kier alpha value is -0.530. The summed E-state index contributed by atoms with van der Waals surface area (Å²) in [5.74, 6) is 3.55. The minimum atomic E-state index is -2.76. The van der Waals surface area contributed by atoms with Gasteiger partial charge in [0.2, 0.25) is 0 Å². The van der Waals surface area contributed by atoms with Crippen LogP contribution in [-0.4, -0.2) is 32.5 Å². The van der Waals surface area contributed by atoms with Crippen molar-refractivity contribution in [3.8, 4) is 12.3 Å². The largest absolute Gasteiger partial charge is 0.304 e. The third-order valence-electron chi connectivity index (χ3n) is 2.55. The van der Waals surface area contributed by atoms with Gasteiger partial charge < -0.3 is 5.32 Å². The molecule has 2 atom stereocenters. The highest BCUT2D eigenvalue weighted by molar-refractivity contribution is 7.91. The Labute approximate surface area is 86.2 Å². The second kappa shape index (κ2) is 4.81. The van der Waals surface area contributed by atoms with Crippen LogP contribution in [0, 0.1) is 18.3 Å². The average Bonchev–Trinajstić information content (AvgIpc) is 2.45. The summed E-state index contributed by atoms with van der Waals surface area (Å²) in [5, 5.41) is 3.16. The van der Waals surface area contributed by atoms with Gasteiger partial charge in [-0.15, -0.1) is 6.42 Å². The van der Waals surface area contributed by atoms with E-state index in [1.807, 2.05) is 6.92 Å². The van der Waals surface area contributed by atoms with Gasteiger partial charge in [0.15, 0.2) is 9.84 Å². The first-order chi connectivity index (χ1) is 6.57. The molecule has 80 valence electrons. The third-order valence-corrected chi connectivity index (χ3v) is 4.38. The summed E-state index contributed by atoms with van der Waals surface area (Å²) >= 11 is 0. The van der Waals surface area contributed by atoms with E-state index in [1.54, 1.807) is 0 Å².